The second-order valence-corrected chi connectivity index (χ2v) is 7.35. The monoisotopic (exact) mass is 436 g/mol. The van der Waals surface area contributed by atoms with Gasteiger partial charge in [0.1, 0.15) is 12.0 Å². The summed E-state index contributed by atoms with van der Waals surface area (Å²) in [5.74, 6) is 0.384. The number of anilines is 5. The van der Waals surface area contributed by atoms with Crippen molar-refractivity contribution in [2.24, 2.45) is 0 Å². The highest BCUT2D eigenvalue weighted by Gasteiger charge is 2.31. The van der Waals surface area contributed by atoms with Gasteiger partial charge in [-0.1, -0.05) is 35.1 Å². The second-order valence-electron chi connectivity index (χ2n) is 5.91. The lowest BCUT2D eigenvalue weighted by Gasteiger charge is -2.14. The molecule has 2 aromatic carbocycles. The SMILES string of the molecule is Nc1c(Nc2nc3ccccc3s2)ncnc1Nc1cc(C(F)(F)F)ccc1Cl. The Morgan fingerprint density at radius 1 is 1.00 bits per heavy atom. The van der Waals surface area contributed by atoms with E-state index in [2.05, 4.69) is 25.6 Å². The predicted octanol–water partition coefficient (Wildman–Crippen LogP) is 5.83. The second kappa shape index (κ2) is 7.37. The van der Waals surface area contributed by atoms with Gasteiger partial charge in [0.15, 0.2) is 16.8 Å². The fraction of sp³-hybridized carbons (Fsp3) is 0.0556. The molecule has 2 aromatic heterocycles. The molecule has 4 aromatic rings. The largest absolute Gasteiger partial charge is 0.416 e. The summed E-state index contributed by atoms with van der Waals surface area (Å²) in [5, 5.41) is 6.42. The zero-order valence-electron chi connectivity index (χ0n) is 14.5. The molecule has 4 N–H and O–H groups in total. The van der Waals surface area contributed by atoms with Gasteiger partial charge >= 0.3 is 6.18 Å². The Labute approximate surface area is 171 Å². The Kier molecular flexibility index (Phi) is 4.89. The van der Waals surface area contributed by atoms with E-state index in [4.69, 9.17) is 17.3 Å². The summed E-state index contributed by atoms with van der Waals surface area (Å²) >= 11 is 7.44. The van der Waals surface area contributed by atoms with Gasteiger partial charge in [-0.15, -0.1) is 0 Å². The maximum atomic E-state index is 13.0. The van der Waals surface area contributed by atoms with Crippen LogP contribution in [0.25, 0.3) is 10.2 Å². The van der Waals surface area contributed by atoms with Crippen molar-refractivity contribution in [3.8, 4) is 0 Å². The highest BCUT2D eigenvalue weighted by atomic mass is 35.5. The van der Waals surface area contributed by atoms with Crippen molar-refractivity contribution in [3.05, 3.63) is 59.4 Å². The maximum Gasteiger partial charge on any atom is 0.416 e. The summed E-state index contributed by atoms with van der Waals surface area (Å²) in [7, 11) is 0. The van der Waals surface area contributed by atoms with Crippen molar-refractivity contribution in [2.45, 2.75) is 6.18 Å². The fourth-order valence-corrected chi connectivity index (χ4v) is 3.58. The zero-order chi connectivity index (χ0) is 20.6. The van der Waals surface area contributed by atoms with Crippen LogP contribution in [0.1, 0.15) is 5.56 Å². The van der Waals surface area contributed by atoms with E-state index in [1.54, 1.807) is 0 Å². The van der Waals surface area contributed by atoms with Crippen LogP contribution in [-0.2, 0) is 6.18 Å². The molecule has 2 heterocycles. The van der Waals surface area contributed by atoms with Crippen LogP contribution >= 0.6 is 22.9 Å². The molecule has 0 saturated carbocycles. The number of nitrogens with one attached hydrogen (secondary N) is 2. The summed E-state index contributed by atoms with van der Waals surface area (Å²) in [6, 6.07) is 10.6. The third-order valence-electron chi connectivity index (χ3n) is 3.95. The molecule has 0 aliphatic carbocycles. The molecule has 0 aliphatic rings. The van der Waals surface area contributed by atoms with E-state index in [0.29, 0.717) is 5.13 Å². The van der Waals surface area contributed by atoms with Crippen molar-refractivity contribution in [2.75, 3.05) is 16.4 Å². The summed E-state index contributed by atoms with van der Waals surface area (Å²) in [4.78, 5) is 12.5. The van der Waals surface area contributed by atoms with Gasteiger partial charge in [0, 0.05) is 0 Å². The van der Waals surface area contributed by atoms with E-state index in [1.165, 1.54) is 17.7 Å². The number of para-hydroxylation sites is 1. The van der Waals surface area contributed by atoms with Crippen molar-refractivity contribution in [3.63, 3.8) is 0 Å². The van der Waals surface area contributed by atoms with E-state index in [1.807, 2.05) is 24.3 Å². The summed E-state index contributed by atoms with van der Waals surface area (Å²) in [5.41, 5.74) is 6.22. The number of hydrogen-bond acceptors (Lipinski definition) is 7. The zero-order valence-corrected chi connectivity index (χ0v) is 16.0. The first-order valence-electron chi connectivity index (χ1n) is 8.18. The quantitative estimate of drug-likeness (QED) is 0.373. The number of fused-ring (bicyclic) bond motifs is 1. The lowest BCUT2D eigenvalue weighted by atomic mass is 10.2. The van der Waals surface area contributed by atoms with Gasteiger partial charge in [0.2, 0.25) is 0 Å². The number of rotatable bonds is 4. The van der Waals surface area contributed by atoms with E-state index >= 15 is 0 Å². The van der Waals surface area contributed by atoms with Crippen LogP contribution in [0.3, 0.4) is 0 Å². The topological polar surface area (TPSA) is 88.8 Å². The average Bonchev–Trinajstić information content (AvgIpc) is 3.08. The third-order valence-corrected chi connectivity index (χ3v) is 5.23. The minimum Gasteiger partial charge on any atom is -0.393 e. The summed E-state index contributed by atoms with van der Waals surface area (Å²) in [6.45, 7) is 0. The number of aromatic nitrogens is 3. The van der Waals surface area contributed by atoms with E-state index in [0.717, 1.165) is 28.4 Å². The van der Waals surface area contributed by atoms with Gasteiger partial charge in [0.05, 0.1) is 26.5 Å². The molecule has 0 radical (unpaired) electrons. The molecule has 0 spiro atoms. The van der Waals surface area contributed by atoms with E-state index in [9.17, 15) is 13.2 Å². The molecule has 0 saturated heterocycles. The van der Waals surface area contributed by atoms with Gasteiger partial charge in [-0.2, -0.15) is 13.2 Å². The number of nitrogens with zero attached hydrogens (tertiary/aromatic N) is 3. The smallest absolute Gasteiger partial charge is 0.393 e. The molecule has 148 valence electrons. The first-order valence-corrected chi connectivity index (χ1v) is 9.37. The number of hydrogen-bond donors (Lipinski definition) is 3. The maximum absolute atomic E-state index is 13.0. The summed E-state index contributed by atoms with van der Waals surface area (Å²) in [6.07, 6.45) is -3.27. The first-order chi connectivity index (χ1) is 13.8. The molecule has 0 fully saturated rings. The Morgan fingerprint density at radius 2 is 1.72 bits per heavy atom. The highest BCUT2D eigenvalue weighted by molar-refractivity contribution is 7.22. The molecule has 0 bridgehead atoms. The first kappa shape index (κ1) is 19.2. The Hall–Kier alpha value is -3.11. The van der Waals surface area contributed by atoms with Gasteiger partial charge in [0.25, 0.3) is 0 Å². The number of thiazole rings is 1. The standard InChI is InChI=1S/C18H12ClF3N6S/c19-10-6-5-9(18(20,21)22)7-12(10)26-15-14(23)16(25-8-24-15)28-17-27-11-3-1-2-4-13(11)29-17/h1-8H,23H2,(H2,24,25,26,27,28). The number of halogens is 4. The predicted molar refractivity (Wildman–Crippen MR) is 109 cm³/mol. The summed E-state index contributed by atoms with van der Waals surface area (Å²) < 4.78 is 39.9. The van der Waals surface area contributed by atoms with Gasteiger partial charge in [-0.3, -0.25) is 0 Å². The Balaban J connectivity index is 1.63. The molecular formula is C18H12ClF3N6S. The van der Waals surface area contributed by atoms with Gasteiger partial charge < -0.3 is 16.4 Å². The molecule has 29 heavy (non-hydrogen) atoms. The van der Waals surface area contributed by atoms with E-state index < -0.39 is 11.7 Å². The third kappa shape index (κ3) is 4.03. The van der Waals surface area contributed by atoms with Crippen molar-refractivity contribution >= 4 is 61.3 Å². The number of nitrogen functional groups attached to an aromatic ring is 1. The van der Waals surface area contributed by atoms with Crippen LogP contribution in [0.15, 0.2) is 48.8 Å². The average molecular weight is 437 g/mol. The van der Waals surface area contributed by atoms with Crippen LogP contribution < -0.4 is 16.4 Å². The minimum absolute atomic E-state index is 0.0258. The van der Waals surface area contributed by atoms with Gasteiger partial charge in [-0.25, -0.2) is 15.0 Å². The van der Waals surface area contributed by atoms with Crippen molar-refractivity contribution in [1.29, 1.82) is 0 Å². The lowest BCUT2D eigenvalue weighted by molar-refractivity contribution is -0.137. The minimum atomic E-state index is -4.50. The molecule has 0 amide bonds. The molecule has 11 heteroatoms. The molecule has 0 aliphatic heterocycles. The van der Waals surface area contributed by atoms with Gasteiger partial charge in [-0.05, 0) is 30.3 Å². The van der Waals surface area contributed by atoms with Crippen molar-refractivity contribution < 1.29 is 13.2 Å². The van der Waals surface area contributed by atoms with Crippen LogP contribution in [0.2, 0.25) is 5.02 Å². The number of alkyl halides is 3. The van der Waals surface area contributed by atoms with Crippen LogP contribution in [-0.4, -0.2) is 15.0 Å². The molecule has 0 unspecified atom stereocenters. The van der Waals surface area contributed by atoms with Crippen molar-refractivity contribution in [1.82, 2.24) is 15.0 Å². The fourth-order valence-electron chi connectivity index (χ4n) is 2.55. The van der Waals surface area contributed by atoms with E-state index in [-0.39, 0.29) is 28.0 Å². The Morgan fingerprint density at radius 3 is 2.45 bits per heavy atom. The number of benzene rings is 2. The lowest BCUT2D eigenvalue weighted by Crippen LogP contribution is -2.08. The normalized spacial score (nSPS) is 11.6. The molecule has 4 rings (SSSR count). The van der Waals surface area contributed by atoms with Crippen LogP contribution in [0.5, 0.6) is 0 Å². The molecule has 0 atom stereocenters. The number of nitrogens with two attached hydrogens (primary N) is 1. The Bertz CT molecular complexity index is 1160. The highest BCUT2D eigenvalue weighted by Crippen LogP contribution is 2.37. The van der Waals surface area contributed by atoms with Crippen LogP contribution in [0.4, 0.5) is 41.3 Å². The molecule has 6 nitrogen and oxygen atoms in total. The van der Waals surface area contributed by atoms with Crippen LogP contribution in [0, 0.1) is 0 Å². The molecular weight excluding hydrogens is 425 g/mol.